The molecule has 0 saturated carbocycles. The number of aryl methyl sites for hydroxylation is 2. The van der Waals surface area contributed by atoms with Crippen LogP contribution >= 0.6 is 12.2 Å². The summed E-state index contributed by atoms with van der Waals surface area (Å²) in [5.74, 6) is 0.853. The van der Waals surface area contributed by atoms with E-state index >= 15 is 0 Å². The Balaban J connectivity index is 1.80. The van der Waals surface area contributed by atoms with Gasteiger partial charge in [0.25, 0.3) is 0 Å². The van der Waals surface area contributed by atoms with Gasteiger partial charge in [0.15, 0.2) is 12.5 Å². The second-order valence-electron chi connectivity index (χ2n) is 7.73. The van der Waals surface area contributed by atoms with Crippen LogP contribution in [0.15, 0.2) is 48.5 Å². The highest BCUT2D eigenvalue weighted by Gasteiger charge is 2.23. The Kier molecular flexibility index (Phi) is 5.44. The van der Waals surface area contributed by atoms with Crippen LogP contribution < -0.4 is 4.90 Å². The standard InChI is InChI=1S/C22H26N4OS/c1-16-10-11-19(13-17(16)2)26-21(18-7-4-3-5-8-18)23-25(22(26)28)15-24-12-6-9-20(27)14-24/h3-5,7-8,10-11,13,20,27H,6,9,12,14-15H2,1-2H3/p+1/t20-/m1/s1. The Labute approximate surface area is 170 Å². The second kappa shape index (κ2) is 7.99. The molecule has 0 amide bonds. The molecule has 0 bridgehead atoms. The summed E-state index contributed by atoms with van der Waals surface area (Å²) < 4.78 is 4.67. The van der Waals surface area contributed by atoms with E-state index in [4.69, 9.17) is 17.3 Å². The van der Waals surface area contributed by atoms with Crippen molar-refractivity contribution < 1.29 is 10.0 Å². The maximum atomic E-state index is 10.0. The van der Waals surface area contributed by atoms with Crippen molar-refractivity contribution in [3.63, 3.8) is 0 Å². The molecule has 1 aliphatic heterocycles. The van der Waals surface area contributed by atoms with Gasteiger partial charge in [0.2, 0.25) is 4.77 Å². The van der Waals surface area contributed by atoms with Gasteiger partial charge in [-0.3, -0.25) is 4.57 Å². The van der Waals surface area contributed by atoms with Gasteiger partial charge in [0, 0.05) is 5.56 Å². The van der Waals surface area contributed by atoms with Crippen molar-refractivity contribution in [2.24, 2.45) is 0 Å². The van der Waals surface area contributed by atoms with Crippen molar-refractivity contribution in [2.75, 3.05) is 13.1 Å². The minimum Gasteiger partial charge on any atom is -0.387 e. The average Bonchev–Trinajstić information content (AvgIpc) is 3.01. The number of likely N-dealkylation sites (tertiary alicyclic amines) is 1. The van der Waals surface area contributed by atoms with Crippen LogP contribution in [0.3, 0.4) is 0 Å². The normalized spacial score (nSPS) is 19.7. The number of hydrogen-bond donors (Lipinski definition) is 2. The quantitative estimate of drug-likeness (QED) is 0.668. The molecule has 146 valence electrons. The highest BCUT2D eigenvalue weighted by Crippen LogP contribution is 2.23. The van der Waals surface area contributed by atoms with Crippen LogP contribution in [0, 0.1) is 18.6 Å². The molecular formula is C22H27N4OS+. The maximum Gasteiger partial charge on any atom is 0.207 e. The van der Waals surface area contributed by atoms with E-state index < -0.39 is 0 Å². The van der Waals surface area contributed by atoms with E-state index in [9.17, 15) is 5.11 Å². The van der Waals surface area contributed by atoms with E-state index in [0.29, 0.717) is 11.4 Å². The van der Waals surface area contributed by atoms with Gasteiger partial charge in [-0.05, 0) is 62.2 Å². The van der Waals surface area contributed by atoms with Gasteiger partial charge in [0.1, 0.15) is 12.6 Å². The summed E-state index contributed by atoms with van der Waals surface area (Å²) in [4.78, 5) is 1.32. The molecule has 0 aliphatic carbocycles. The first kappa shape index (κ1) is 19.1. The Hall–Kier alpha value is -2.28. The van der Waals surface area contributed by atoms with Crippen molar-refractivity contribution in [1.29, 1.82) is 0 Å². The number of rotatable bonds is 4. The molecule has 1 unspecified atom stereocenters. The molecule has 1 aliphatic rings. The maximum absolute atomic E-state index is 10.0. The molecule has 0 spiro atoms. The third-order valence-corrected chi connectivity index (χ3v) is 5.98. The number of nitrogens with zero attached hydrogens (tertiary/aromatic N) is 3. The lowest BCUT2D eigenvalue weighted by Gasteiger charge is -2.26. The van der Waals surface area contributed by atoms with Crippen LogP contribution in [0.5, 0.6) is 0 Å². The molecule has 2 aromatic carbocycles. The lowest BCUT2D eigenvalue weighted by Crippen LogP contribution is -3.13. The average molecular weight is 396 g/mol. The smallest absolute Gasteiger partial charge is 0.207 e. The van der Waals surface area contributed by atoms with E-state index in [0.717, 1.165) is 43.0 Å². The summed E-state index contributed by atoms with van der Waals surface area (Å²) in [6, 6.07) is 16.6. The van der Waals surface area contributed by atoms with Crippen molar-refractivity contribution in [3.05, 3.63) is 64.4 Å². The Morgan fingerprint density at radius 1 is 1.14 bits per heavy atom. The van der Waals surface area contributed by atoms with Gasteiger partial charge in [-0.1, -0.05) is 36.4 Å². The van der Waals surface area contributed by atoms with Crippen molar-refractivity contribution in [2.45, 2.75) is 39.5 Å². The second-order valence-corrected chi connectivity index (χ2v) is 8.10. The summed E-state index contributed by atoms with van der Waals surface area (Å²) in [6.45, 7) is 6.70. The number of benzene rings is 2. The molecule has 1 aromatic heterocycles. The molecule has 1 fully saturated rings. The van der Waals surface area contributed by atoms with Crippen LogP contribution in [0.2, 0.25) is 0 Å². The molecule has 3 aromatic rings. The molecule has 1 saturated heterocycles. The molecular weight excluding hydrogens is 368 g/mol. The summed E-state index contributed by atoms with van der Waals surface area (Å²) >= 11 is 5.86. The molecule has 4 rings (SSSR count). The zero-order chi connectivity index (χ0) is 19.7. The predicted molar refractivity (Wildman–Crippen MR) is 113 cm³/mol. The summed E-state index contributed by atoms with van der Waals surface area (Å²) in [7, 11) is 0. The number of nitrogens with one attached hydrogen (secondary N) is 1. The highest BCUT2D eigenvalue weighted by molar-refractivity contribution is 7.71. The van der Waals surface area contributed by atoms with E-state index in [-0.39, 0.29) is 6.10 Å². The van der Waals surface area contributed by atoms with Crippen LogP contribution in [0.25, 0.3) is 17.1 Å². The molecule has 2 N–H and O–H groups in total. The number of hydrogen-bond acceptors (Lipinski definition) is 3. The van der Waals surface area contributed by atoms with E-state index in [2.05, 4.69) is 48.7 Å². The van der Waals surface area contributed by atoms with Crippen LogP contribution in [0.4, 0.5) is 0 Å². The largest absolute Gasteiger partial charge is 0.387 e. The summed E-state index contributed by atoms with van der Waals surface area (Å²) in [6.07, 6.45) is 1.70. The minimum absolute atomic E-state index is 0.228. The first-order chi connectivity index (χ1) is 13.5. The van der Waals surface area contributed by atoms with Gasteiger partial charge in [-0.2, -0.15) is 4.68 Å². The van der Waals surface area contributed by atoms with Crippen LogP contribution in [-0.4, -0.2) is 38.6 Å². The number of aliphatic hydroxyl groups excluding tert-OH is 1. The van der Waals surface area contributed by atoms with Crippen molar-refractivity contribution >= 4 is 12.2 Å². The molecule has 6 heteroatoms. The monoisotopic (exact) mass is 395 g/mol. The van der Waals surface area contributed by atoms with Crippen molar-refractivity contribution in [1.82, 2.24) is 14.3 Å². The number of aliphatic hydroxyl groups is 1. The first-order valence-electron chi connectivity index (χ1n) is 9.87. The topological polar surface area (TPSA) is 47.4 Å². The van der Waals surface area contributed by atoms with E-state index in [1.165, 1.54) is 16.0 Å². The highest BCUT2D eigenvalue weighted by atomic mass is 32.1. The number of aromatic nitrogens is 3. The Morgan fingerprint density at radius 3 is 2.64 bits per heavy atom. The zero-order valence-electron chi connectivity index (χ0n) is 16.4. The fourth-order valence-corrected chi connectivity index (χ4v) is 4.16. The van der Waals surface area contributed by atoms with Crippen molar-refractivity contribution in [3.8, 4) is 17.1 Å². The fourth-order valence-electron chi connectivity index (χ4n) is 3.86. The third-order valence-electron chi connectivity index (χ3n) is 5.59. The third kappa shape index (κ3) is 3.81. The lowest BCUT2D eigenvalue weighted by molar-refractivity contribution is -0.931. The minimum atomic E-state index is -0.228. The van der Waals surface area contributed by atoms with Crippen LogP contribution in [0.1, 0.15) is 24.0 Å². The van der Waals surface area contributed by atoms with Gasteiger partial charge in [-0.15, -0.1) is 5.10 Å². The SMILES string of the molecule is Cc1ccc(-n2c(-c3ccccc3)nn(C[NH+]3CCC[C@@H](O)C3)c2=S)cc1C. The molecule has 5 nitrogen and oxygen atoms in total. The fraction of sp³-hybridized carbons (Fsp3) is 0.364. The van der Waals surface area contributed by atoms with Gasteiger partial charge < -0.3 is 10.0 Å². The van der Waals surface area contributed by atoms with E-state index in [1.54, 1.807) is 0 Å². The Morgan fingerprint density at radius 2 is 1.93 bits per heavy atom. The number of piperidine rings is 1. The van der Waals surface area contributed by atoms with E-state index in [1.807, 2.05) is 22.9 Å². The first-order valence-corrected chi connectivity index (χ1v) is 10.3. The van der Waals surface area contributed by atoms with Crippen LogP contribution in [-0.2, 0) is 6.67 Å². The molecule has 0 radical (unpaired) electrons. The zero-order valence-corrected chi connectivity index (χ0v) is 17.2. The summed E-state index contributed by atoms with van der Waals surface area (Å²) in [5.41, 5.74) is 4.57. The lowest BCUT2D eigenvalue weighted by atomic mass is 10.1. The Bertz CT molecular complexity index is 1020. The number of quaternary nitrogens is 1. The molecule has 2 heterocycles. The summed E-state index contributed by atoms with van der Waals surface area (Å²) in [5, 5.41) is 14.9. The van der Waals surface area contributed by atoms with Gasteiger partial charge in [-0.25, -0.2) is 0 Å². The molecule has 28 heavy (non-hydrogen) atoms. The predicted octanol–water partition coefficient (Wildman–Crippen LogP) is 2.68. The van der Waals surface area contributed by atoms with Gasteiger partial charge in [0.05, 0.1) is 12.2 Å². The van der Waals surface area contributed by atoms with Gasteiger partial charge >= 0.3 is 0 Å². The molecule has 2 atom stereocenters.